The molecule has 90 valence electrons. The smallest absolute Gasteiger partial charge is 0.276 e. The third-order valence-corrected chi connectivity index (χ3v) is 2.95. The number of H-pyrrole nitrogens is 1. The van der Waals surface area contributed by atoms with E-state index in [1.807, 2.05) is 0 Å². The fourth-order valence-electron chi connectivity index (χ4n) is 1.03. The van der Waals surface area contributed by atoms with E-state index >= 15 is 0 Å². The summed E-state index contributed by atoms with van der Waals surface area (Å²) in [5, 5.41) is -0.694. The van der Waals surface area contributed by atoms with Gasteiger partial charge in [0.1, 0.15) is 11.3 Å². The highest BCUT2D eigenvalue weighted by Crippen LogP contribution is 2.27. The molecule has 9 heteroatoms. The minimum absolute atomic E-state index is 0.530. The first kappa shape index (κ1) is 12.9. The van der Waals surface area contributed by atoms with Crippen molar-refractivity contribution in [3.05, 3.63) is 22.0 Å². The SMILES string of the molecule is COc1cc(S(=O)(=O)Cl)[nH]c(=O)c1C(F)F. The van der Waals surface area contributed by atoms with Crippen LogP contribution in [0.2, 0.25) is 0 Å². The summed E-state index contributed by atoms with van der Waals surface area (Å²) in [7, 11) is 1.77. The van der Waals surface area contributed by atoms with Crippen LogP contribution in [0.3, 0.4) is 0 Å². The second kappa shape index (κ2) is 4.38. The van der Waals surface area contributed by atoms with Gasteiger partial charge in [-0.3, -0.25) is 4.79 Å². The summed E-state index contributed by atoms with van der Waals surface area (Å²) in [4.78, 5) is 12.9. The molecule has 0 atom stereocenters. The molecule has 1 aromatic rings. The number of halogens is 3. The predicted molar refractivity (Wildman–Crippen MR) is 51.6 cm³/mol. The summed E-state index contributed by atoms with van der Waals surface area (Å²) in [6, 6.07) is 0.727. The van der Waals surface area contributed by atoms with Gasteiger partial charge in [0.05, 0.1) is 7.11 Å². The number of methoxy groups -OCH3 is 1. The first-order chi connectivity index (χ1) is 7.27. The third kappa shape index (κ3) is 2.50. The van der Waals surface area contributed by atoms with Gasteiger partial charge in [0, 0.05) is 16.7 Å². The van der Waals surface area contributed by atoms with E-state index in [2.05, 4.69) is 4.74 Å². The van der Waals surface area contributed by atoms with Crippen molar-refractivity contribution in [3.63, 3.8) is 0 Å². The number of alkyl halides is 2. The lowest BCUT2D eigenvalue weighted by atomic mass is 10.2. The van der Waals surface area contributed by atoms with Gasteiger partial charge in [0.15, 0.2) is 5.03 Å². The van der Waals surface area contributed by atoms with E-state index < -0.39 is 37.4 Å². The molecule has 0 saturated carbocycles. The zero-order valence-electron chi connectivity index (χ0n) is 7.83. The quantitative estimate of drug-likeness (QED) is 0.841. The van der Waals surface area contributed by atoms with Gasteiger partial charge in [-0.1, -0.05) is 0 Å². The van der Waals surface area contributed by atoms with Crippen molar-refractivity contribution >= 4 is 19.7 Å². The van der Waals surface area contributed by atoms with Gasteiger partial charge in [0.2, 0.25) is 0 Å². The number of aromatic amines is 1. The van der Waals surface area contributed by atoms with Crippen LogP contribution in [0, 0.1) is 0 Å². The Balaban J connectivity index is 3.57. The zero-order chi connectivity index (χ0) is 12.5. The summed E-state index contributed by atoms with van der Waals surface area (Å²) in [5.74, 6) is -0.530. The molecule has 0 unspecified atom stereocenters. The molecule has 16 heavy (non-hydrogen) atoms. The maximum absolute atomic E-state index is 12.4. The number of hydrogen-bond donors (Lipinski definition) is 1. The van der Waals surface area contributed by atoms with Crippen LogP contribution in [0.15, 0.2) is 15.9 Å². The van der Waals surface area contributed by atoms with Gasteiger partial charge in [-0.2, -0.15) is 0 Å². The molecule has 1 N–H and O–H groups in total. The second-order valence-corrected chi connectivity index (χ2v) is 5.22. The standard InChI is InChI=1S/C7H6ClF2NO4S/c1-15-3-2-4(16(8,13)14)11-7(12)5(3)6(9)10/h2,6H,1H3,(H,11,12). The molecule has 1 heterocycles. The van der Waals surface area contributed by atoms with E-state index in [1.165, 1.54) is 0 Å². The van der Waals surface area contributed by atoms with Gasteiger partial charge in [-0.25, -0.2) is 17.2 Å². The fourth-order valence-corrected chi connectivity index (χ4v) is 1.74. The van der Waals surface area contributed by atoms with Crippen LogP contribution in [0.5, 0.6) is 5.75 Å². The fraction of sp³-hybridized carbons (Fsp3) is 0.286. The zero-order valence-corrected chi connectivity index (χ0v) is 9.40. The summed E-state index contributed by atoms with van der Waals surface area (Å²) in [5.41, 5.74) is -2.19. The molecule has 1 rings (SSSR count). The van der Waals surface area contributed by atoms with Gasteiger partial charge in [-0.15, -0.1) is 0 Å². The summed E-state index contributed by atoms with van der Waals surface area (Å²) in [6.07, 6.45) is -3.08. The number of hydrogen-bond acceptors (Lipinski definition) is 4. The Labute approximate surface area is 93.4 Å². The molecule has 1 aromatic heterocycles. The lowest BCUT2D eigenvalue weighted by Crippen LogP contribution is -2.17. The normalized spacial score (nSPS) is 11.8. The number of nitrogens with one attached hydrogen (secondary N) is 1. The Morgan fingerprint density at radius 2 is 2.06 bits per heavy atom. The molecule has 0 aliphatic heterocycles. The number of ether oxygens (including phenoxy) is 1. The highest BCUT2D eigenvalue weighted by molar-refractivity contribution is 8.13. The van der Waals surface area contributed by atoms with Crippen LogP contribution in [-0.2, 0) is 9.05 Å². The van der Waals surface area contributed by atoms with Crippen molar-refractivity contribution in [2.75, 3.05) is 7.11 Å². The van der Waals surface area contributed by atoms with Crippen LogP contribution < -0.4 is 10.3 Å². The van der Waals surface area contributed by atoms with E-state index in [4.69, 9.17) is 10.7 Å². The van der Waals surface area contributed by atoms with Gasteiger partial charge in [-0.05, 0) is 0 Å². The predicted octanol–water partition coefficient (Wildman–Crippen LogP) is 1.25. The van der Waals surface area contributed by atoms with Crippen molar-refractivity contribution in [3.8, 4) is 5.75 Å². The highest BCUT2D eigenvalue weighted by Gasteiger charge is 2.22. The molecule has 0 aromatic carbocycles. The molecule has 0 bridgehead atoms. The van der Waals surface area contributed by atoms with Crippen LogP contribution in [0.25, 0.3) is 0 Å². The topological polar surface area (TPSA) is 76.2 Å². The average Bonchev–Trinajstić information content (AvgIpc) is 2.14. The van der Waals surface area contributed by atoms with Crippen LogP contribution >= 0.6 is 10.7 Å². The first-order valence-corrected chi connectivity index (χ1v) is 6.12. The molecule has 0 aliphatic rings. The molecule has 0 amide bonds. The molecule has 0 radical (unpaired) electrons. The Hall–Kier alpha value is -1.15. The Bertz CT molecular complexity index is 554. The third-order valence-electron chi connectivity index (χ3n) is 1.71. The molecule has 5 nitrogen and oxygen atoms in total. The lowest BCUT2D eigenvalue weighted by molar-refractivity contribution is 0.145. The van der Waals surface area contributed by atoms with Gasteiger partial charge >= 0.3 is 0 Å². The summed E-state index contributed by atoms with van der Waals surface area (Å²) < 4.78 is 51.1. The molecular weight excluding hydrogens is 268 g/mol. The van der Waals surface area contributed by atoms with E-state index in [0.717, 1.165) is 13.2 Å². The van der Waals surface area contributed by atoms with Crippen molar-refractivity contribution in [2.45, 2.75) is 11.5 Å². The van der Waals surface area contributed by atoms with Gasteiger partial charge < -0.3 is 9.72 Å². The minimum atomic E-state index is -4.21. The van der Waals surface area contributed by atoms with Crippen molar-refractivity contribution < 1.29 is 21.9 Å². The number of rotatable bonds is 3. The first-order valence-electron chi connectivity index (χ1n) is 3.81. The molecule has 0 aliphatic carbocycles. The Morgan fingerprint density at radius 3 is 2.44 bits per heavy atom. The van der Waals surface area contributed by atoms with Crippen molar-refractivity contribution in [1.82, 2.24) is 4.98 Å². The number of pyridine rings is 1. The van der Waals surface area contributed by atoms with Crippen LogP contribution in [0.1, 0.15) is 12.0 Å². The van der Waals surface area contributed by atoms with E-state index in [1.54, 1.807) is 4.98 Å². The monoisotopic (exact) mass is 273 g/mol. The van der Waals surface area contributed by atoms with Crippen molar-refractivity contribution in [1.29, 1.82) is 0 Å². The highest BCUT2D eigenvalue weighted by atomic mass is 35.7. The largest absolute Gasteiger partial charge is 0.496 e. The lowest BCUT2D eigenvalue weighted by Gasteiger charge is -2.07. The Kier molecular flexibility index (Phi) is 3.54. The van der Waals surface area contributed by atoms with E-state index in [-0.39, 0.29) is 0 Å². The van der Waals surface area contributed by atoms with Crippen LogP contribution in [0.4, 0.5) is 8.78 Å². The number of aromatic nitrogens is 1. The van der Waals surface area contributed by atoms with Gasteiger partial charge in [0.25, 0.3) is 21.0 Å². The summed E-state index contributed by atoms with van der Waals surface area (Å²) in [6.45, 7) is 0. The molecule has 0 fully saturated rings. The molecule has 0 saturated heterocycles. The van der Waals surface area contributed by atoms with Crippen LogP contribution in [-0.4, -0.2) is 20.5 Å². The summed E-state index contributed by atoms with van der Waals surface area (Å²) >= 11 is 0. The maximum Gasteiger partial charge on any atom is 0.276 e. The van der Waals surface area contributed by atoms with Crippen molar-refractivity contribution in [2.24, 2.45) is 0 Å². The van der Waals surface area contributed by atoms with E-state index in [0.29, 0.717) is 0 Å². The molecular formula is C7H6ClF2NO4S. The Morgan fingerprint density at radius 1 is 1.50 bits per heavy atom. The van der Waals surface area contributed by atoms with E-state index in [9.17, 15) is 22.0 Å². The molecule has 0 spiro atoms. The maximum atomic E-state index is 12.4. The second-order valence-electron chi connectivity index (χ2n) is 2.68. The minimum Gasteiger partial charge on any atom is -0.496 e. The average molecular weight is 274 g/mol.